The van der Waals surface area contributed by atoms with Gasteiger partial charge in [0.25, 0.3) is 0 Å². The third-order valence-electron chi connectivity index (χ3n) is 2.94. The second-order valence-electron chi connectivity index (χ2n) is 4.16. The predicted molar refractivity (Wildman–Crippen MR) is 72.8 cm³/mol. The molecule has 0 unspecified atom stereocenters. The summed E-state index contributed by atoms with van der Waals surface area (Å²) in [6.07, 6.45) is 0. The molecule has 0 saturated heterocycles. The molecule has 4 heteroatoms. The zero-order valence-corrected chi connectivity index (χ0v) is 10.2. The average molecular weight is 252 g/mol. The van der Waals surface area contributed by atoms with Crippen LogP contribution in [0.3, 0.4) is 0 Å². The van der Waals surface area contributed by atoms with Crippen molar-refractivity contribution in [3.8, 4) is 11.5 Å². The Kier molecular flexibility index (Phi) is 2.85. The number of nitrogens with two attached hydrogens (primary N) is 1. The van der Waals surface area contributed by atoms with Crippen molar-refractivity contribution in [3.63, 3.8) is 0 Å². The molecule has 2 N–H and O–H groups in total. The van der Waals surface area contributed by atoms with Gasteiger partial charge in [0.2, 0.25) is 5.89 Å². The summed E-state index contributed by atoms with van der Waals surface area (Å²) in [6, 6.07) is 14.7. The molecule has 94 valence electrons. The summed E-state index contributed by atoms with van der Waals surface area (Å²) in [7, 11) is 0. The van der Waals surface area contributed by atoms with Gasteiger partial charge < -0.3 is 10.2 Å². The quantitative estimate of drug-likeness (QED) is 0.727. The Hall–Kier alpha value is -2.46. The monoisotopic (exact) mass is 252 g/mol. The Bertz CT molecular complexity index is 713. The SMILES string of the molecule is NCC(=O)c1ccccc1-c1nc2ccccc2o1. The predicted octanol–water partition coefficient (Wildman–Crippen LogP) is 2.64. The number of hydrogen-bond donors (Lipinski definition) is 1. The van der Waals surface area contributed by atoms with E-state index in [0.717, 1.165) is 5.52 Å². The molecule has 0 atom stereocenters. The van der Waals surface area contributed by atoms with E-state index in [1.807, 2.05) is 36.4 Å². The van der Waals surface area contributed by atoms with Crippen LogP contribution in [0.15, 0.2) is 52.9 Å². The molecule has 0 radical (unpaired) electrons. The van der Waals surface area contributed by atoms with Crippen molar-refractivity contribution in [2.75, 3.05) is 6.54 Å². The van der Waals surface area contributed by atoms with E-state index in [1.54, 1.807) is 12.1 Å². The van der Waals surface area contributed by atoms with Gasteiger partial charge in [-0.25, -0.2) is 4.98 Å². The highest BCUT2D eigenvalue weighted by Gasteiger charge is 2.15. The molecule has 0 bridgehead atoms. The van der Waals surface area contributed by atoms with Gasteiger partial charge in [-0.1, -0.05) is 30.3 Å². The van der Waals surface area contributed by atoms with Gasteiger partial charge in [-0.2, -0.15) is 0 Å². The lowest BCUT2D eigenvalue weighted by Gasteiger charge is -2.03. The maximum atomic E-state index is 11.8. The molecule has 0 aliphatic heterocycles. The standard InChI is InChI=1S/C15H12N2O2/c16-9-13(18)10-5-1-2-6-11(10)15-17-12-7-3-4-8-14(12)19-15/h1-8H,9,16H2. The van der Waals surface area contributed by atoms with Gasteiger partial charge in [-0.05, 0) is 18.2 Å². The molecule has 4 nitrogen and oxygen atoms in total. The van der Waals surface area contributed by atoms with E-state index in [0.29, 0.717) is 22.6 Å². The van der Waals surface area contributed by atoms with Crippen molar-refractivity contribution in [2.24, 2.45) is 5.73 Å². The number of Topliss-reactive ketones (excluding diaryl/α,β-unsaturated/α-hetero) is 1. The number of oxazole rings is 1. The van der Waals surface area contributed by atoms with Crippen LogP contribution in [0.5, 0.6) is 0 Å². The van der Waals surface area contributed by atoms with Crippen molar-refractivity contribution in [3.05, 3.63) is 54.1 Å². The molecule has 0 amide bonds. The fourth-order valence-corrected chi connectivity index (χ4v) is 2.01. The lowest BCUT2D eigenvalue weighted by Crippen LogP contribution is -2.14. The number of aromatic nitrogens is 1. The fraction of sp³-hybridized carbons (Fsp3) is 0.0667. The minimum absolute atomic E-state index is 0.0305. The molecule has 1 aromatic heterocycles. The minimum atomic E-state index is -0.127. The van der Waals surface area contributed by atoms with Gasteiger partial charge in [-0.15, -0.1) is 0 Å². The van der Waals surface area contributed by atoms with Crippen molar-refractivity contribution in [1.29, 1.82) is 0 Å². The van der Waals surface area contributed by atoms with Crippen LogP contribution >= 0.6 is 0 Å². The molecule has 3 rings (SSSR count). The maximum absolute atomic E-state index is 11.8. The largest absolute Gasteiger partial charge is 0.436 e. The van der Waals surface area contributed by atoms with E-state index < -0.39 is 0 Å². The van der Waals surface area contributed by atoms with Crippen LogP contribution in [0, 0.1) is 0 Å². The summed E-state index contributed by atoms with van der Waals surface area (Å²) in [5, 5.41) is 0. The van der Waals surface area contributed by atoms with Gasteiger partial charge >= 0.3 is 0 Å². The first-order valence-corrected chi connectivity index (χ1v) is 5.98. The topological polar surface area (TPSA) is 69.1 Å². The normalized spacial score (nSPS) is 10.8. The molecule has 1 heterocycles. The third kappa shape index (κ3) is 2.02. The highest BCUT2D eigenvalue weighted by atomic mass is 16.3. The van der Waals surface area contributed by atoms with Gasteiger partial charge in [0.15, 0.2) is 11.4 Å². The van der Waals surface area contributed by atoms with Gasteiger partial charge in [0.1, 0.15) is 5.52 Å². The van der Waals surface area contributed by atoms with E-state index in [4.69, 9.17) is 10.2 Å². The second-order valence-corrected chi connectivity index (χ2v) is 4.16. The van der Waals surface area contributed by atoms with Crippen molar-refractivity contribution in [1.82, 2.24) is 4.98 Å². The summed E-state index contributed by atoms with van der Waals surface area (Å²) < 4.78 is 5.69. The van der Waals surface area contributed by atoms with Crippen LogP contribution in [0.25, 0.3) is 22.6 Å². The highest BCUT2D eigenvalue weighted by Crippen LogP contribution is 2.26. The Labute approximate surface area is 109 Å². The molecule has 0 aliphatic rings. The smallest absolute Gasteiger partial charge is 0.228 e. The molecule has 0 aliphatic carbocycles. The molecule has 0 spiro atoms. The first-order valence-electron chi connectivity index (χ1n) is 5.98. The third-order valence-corrected chi connectivity index (χ3v) is 2.94. The van der Waals surface area contributed by atoms with Crippen molar-refractivity contribution in [2.45, 2.75) is 0 Å². The Morgan fingerprint density at radius 3 is 2.63 bits per heavy atom. The molecule has 19 heavy (non-hydrogen) atoms. The van der Waals surface area contributed by atoms with E-state index >= 15 is 0 Å². The van der Waals surface area contributed by atoms with Crippen LogP contribution in [-0.4, -0.2) is 17.3 Å². The highest BCUT2D eigenvalue weighted by molar-refractivity contribution is 6.02. The van der Waals surface area contributed by atoms with E-state index in [9.17, 15) is 4.79 Å². The molecular weight excluding hydrogens is 240 g/mol. The van der Waals surface area contributed by atoms with E-state index in [2.05, 4.69) is 4.98 Å². The number of benzene rings is 2. The Morgan fingerprint density at radius 2 is 1.84 bits per heavy atom. The Morgan fingerprint density at radius 1 is 1.11 bits per heavy atom. The summed E-state index contributed by atoms with van der Waals surface area (Å²) in [4.78, 5) is 16.2. The number of nitrogens with zero attached hydrogens (tertiary/aromatic N) is 1. The first kappa shape index (κ1) is 11.6. The lowest BCUT2D eigenvalue weighted by molar-refractivity contribution is 0.100. The number of para-hydroxylation sites is 2. The number of hydrogen-bond acceptors (Lipinski definition) is 4. The van der Waals surface area contributed by atoms with Crippen molar-refractivity contribution >= 4 is 16.9 Å². The van der Waals surface area contributed by atoms with Gasteiger partial charge in [-0.3, -0.25) is 4.79 Å². The first-order chi connectivity index (χ1) is 9.29. The van der Waals surface area contributed by atoms with Gasteiger partial charge in [0.05, 0.1) is 6.54 Å². The minimum Gasteiger partial charge on any atom is -0.436 e. The number of carbonyl (C=O) groups excluding carboxylic acids is 1. The zero-order valence-electron chi connectivity index (χ0n) is 10.2. The van der Waals surface area contributed by atoms with Gasteiger partial charge in [0, 0.05) is 11.1 Å². The fourth-order valence-electron chi connectivity index (χ4n) is 2.01. The maximum Gasteiger partial charge on any atom is 0.228 e. The van der Waals surface area contributed by atoms with E-state index in [-0.39, 0.29) is 12.3 Å². The van der Waals surface area contributed by atoms with E-state index in [1.165, 1.54) is 0 Å². The second kappa shape index (κ2) is 4.66. The van der Waals surface area contributed by atoms with Crippen LogP contribution in [0.2, 0.25) is 0 Å². The molecule has 0 fully saturated rings. The summed E-state index contributed by atoms with van der Waals surface area (Å²) >= 11 is 0. The summed E-state index contributed by atoms with van der Waals surface area (Å²) in [6.45, 7) is -0.0305. The molecule has 2 aromatic carbocycles. The number of ketones is 1. The lowest BCUT2D eigenvalue weighted by atomic mass is 10.0. The van der Waals surface area contributed by atoms with Crippen LogP contribution in [-0.2, 0) is 0 Å². The van der Waals surface area contributed by atoms with Crippen LogP contribution < -0.4 is 5.73 Å². The van der Waals surface area contributed by atoms with Crippen LogP contribution in [0.1, 0.15) is 10.4 Å². The molecule has 3 aromatic rings. The molecular formula is C15H12N2O2. The zero-order chi connectivity index (χ0) is 13.2. The van der Waals surface area contributed by atoms with Crippen molar-refractivity contribution < 1.29 is 9.21 Å². The number of carbonyl (C=O) groups is 1. The average Bonchev–Trinajstić information content (AvgIpc) is 2.90. The Balaban J connectivity index is 2.18. The summed E-state index contributed by atoms with van der Waals surface area (Å²) in [5.41, 5.74) is 8.11. The number of rotatable bonds is 3. The molecule has 0 saturated carbocycles. The summed E-state index contributed by atoms with van der Waals surface area (Å²) in [5.74, 6) is 0.316. The van der Waals surface area contributed by atoms with Crippen LogP contribution in [0.4, 0.5) is 0 Å². The number of fused-ring (bicyclic) bond motifs is 1.